The van der Waals surface area contributed by atoms with Crippen LogP contribution in [0.1, 0.15) is 10.4 Å². The quantitative estimate of drug-likeness (QED) is 0.705. The average Bonchev–Trinajstić information content (AvgIpc) is 3.02. The number of carbonyl (C=O) groups excluding carboxylic acids is 1. The van der Waals surface area contributed by atoms with Gasteiger partial charge < -0.3 is 9.15 Å². The predicted octanol–water partition coefficient (Wildman–Crippen LogP) is 4.03. The third kappa shape index (κ3) is 4.35. The van der Waals surface area contributed by atoms with Crippen LogP contribution in [-0.2, 0) is 0 Å². The van der Waals surface area contributed by atoms with E-state index in [0.29, 0.717) is 5.56 Å². The van der Waals surface area contributed by atoms with Gasteiger partial charge in [0.1, 0.15) is 11.6 Å². The zero-order chi connectivity index (χ0) is 18.7. The normalized spacial score (nSPS) is 11.2. The number of hydrogen-bond acceptors (Lipinski definition) is 5. The Morgan fingerprint density at radius 2 is 1.85 bits per heavy atom. The molecule has 0 aliphatic heterocycles. The van der Waals surface area contributed by atoms with Crippen molar-refractivity contribution in [3.63, 3.8) is 0 Å². The van der Waals surface area contributed by atoms with Gasteiger partial charge in [0.05, 0.1) is 0 Å². The van der Waals surface area contributed by atoms with Gasteiger partial charge >= 0.3 is 12.4 Å². The molecular formula is C16H9F4N3O3. The smallest absolute Gasteiger partial charge is 0.406 e. The molecule has 1 aromatic heterocycles. The van der Waals surface area contributed by atoms with Crippen LogP contribution in [0.4, 0.5) is 23.6 Å². The average molecular weight is 367 g/mol. The maximum Gasteiger partial charge on any atom is 0.573 e. The number of nitrogens with one attached hydrogen (secondary N) is 1. The Morgan fingerprint density at radius 1 is 1.08 bits per heavy atom. The van der Waals surface area contributed by atoms with Crippen LogP contribution in [0.2, 0.25) is 0 Å². The minimum absolute atomic E-state index is 0.0334. The van der Waals surface area contributed by atoms with Gasteiger partial charge in [0.25, 0.3) is 5.91 Å². The summed E-state index contributed by atoms with van der Waals surface area (Å²) >= 11 is 0. The molecular weight excluding hydrogens is 358 g/mol. The van der Waals surface area contributed by atoms with E-state index in [0.717, 1.165) is 18.2 Å². The first-order valence-electron chi connectivity index (χ1n) is 7.07. The van der Waals surface area contributed by atoms with Crippen LogP contribution < -0.4 is 10.1 Å². The molecule has 2 aromatic carbocycles. The molecule has 0 aliphatic carbocycles. The molecule has 0 saturated heterocycles. The van der Waals surface area contributed by atoms with Crippen molar-refractivity contribution >= 4 is 11.9 Å². The van der Waals surface area contributed by atoms with Crippen LogP contribution in [0.25, 0.3) is 11.5 Å². The first-order chi connectivity index (χ1) is 12.3. The van der Waals surface area contributed by atoms with Crippen LogP contribution in [0.15, 0.2) is 52.9 Å². The number of nitrogens with zero attached hydrogens (tertiary/aromatic N) is 2. The SMILES string of the molecule is O=C(Nc1nnc(-c2cccc(F)c2)o1)c1cccc(OC(F)(F)F)c1. The monoisotopic (exact) mass is 367 g/mol. The van der Waals surface area contributed by atoms with Gasteiger partial charge in [-0.2, -0.15) is 0 Å². The lowest BCUT2D eigenvalue weighted by Crippen LogP contribution is -2.18. The lowest BCUT2D eigenvalue weighted by molar-refractivity contribution is -0.274. The highest BCUT2D eigenvalue weighted by Gasteiger charge is 2.31. The number of aromatic nitrogens is 2. The zero-order valence-corrected chi connectivity index (χ0v) is 12.7. The van der Waals surface area contributed by atoms with Gasteiger partial charge in [0.2, 0.25) is 5.89 Å². The lowest BCUT2D eigenvalue weighted by Gasteiger charge is -2.09. The highest BCUT2D eigenvalue weighted by molar-refractivity contribution is 6.03. The molecule has 3 rings (SSSR count). The molecule has 10 heteroatoms. The molecule has 1 heterocycles. The van der Waals surface area contributed by atoms with E-state index >= 15 is 0 Å². The van der Waals surface area contributed by atoms with Gasteiger partial charge in [-0.05, 0) is 36.4 Å². The van der Waals surface area contributed by atoms with Crippen LogP contribution in [-0.4, -0.2) is 22.5 Å². The molecule has 26 heavy (non-hydrogen) atoms. The molecule has 1 N–H and O–H groups in total. The molecule has 0 unspecified atom stereocenters. The van der Waals surface area contributed by atoms with E-state index in [-0.39, 0.29) is 17.5 Å². The summed E-state index contributed by atoms with van der Waals surface area (Å²) in [6.45, 7) is 0. The molecule has 0 radical (unpaired) electrons. The summed E-state index contributed by atoms with van der Waals surface area (Å²) in [4.78, 5) is 12.1. The van der Waals surface area contributed by atoms with Crippen molar-refractivity contribution in [1.29, 1.82) is 0 Å². The Kier molecular flexibility index (Phi) is 4.57. The first-order valence-corrected chi connectivity index (χ1v) is 7.07. The number of benzene rings is 2. The fourth-order valence-corrected chi connectivity index (χ4v) is 2.02. The molecule has 1 amide bonds. The Balaban J connectivity index is 1.74. The van der Waals surface area contributed by atoms with Gasteiger partial charge in [0, 0.05) is 11.1 Å². The molecule has 0 atom stereocenters. The van der Waals surface area contributed by atoms with Crippen LogP contribution in [0.5, 0.6) is 5.75 Å². The van der Waals surface area contributed by atoms with Crippen LogP contribution in [0.3, 0.4) is 0 Å². The van der Waals surface area contributed by atoms with Gasteiger partial charge in [-0.25, -0.2) is 4.39 Å². The summed E-state index contributed by atoms with van der Waals surface area (Å²) in [5.74, 6) is -1.87. The van der Waals surface area contributed by atoms with E-state index in [9.17, 15) is 22.4 Å². The van der Waals surface area contributed by atoms with Crippen molar-refractivity contribution in [3.8, 4) is 17.2 Å². The summed E-state index contributed by atoms with van der Waals surface area (Å²) in [6, 6.07) is 9.54. The van der Waals surface area contributed by atoms with E-state index in [1.807, 2.05) is 0 Å². The molecule has 0 aliphatic rings. The Hall–Kier alpha value is -3.43. The Bertz CT molecular complexity index is 940. The third-order valence-electron chi connectivity index (χ3n) is 3.05. The maximum absolute atomic E-state index is 13.2. The van der Waals surface area contributed by atoms with E-state index in [1.165, 1.54) is 30.3 Å². The molecule has 0 bridgehead atoms. The molecule has 0 saturated carbocycles. The summed E-state index contributed by atoms with van der Waals surface area (Å²) in [7, 11) is 0. The fourth-order valence-electron chi connectivity index (χ4n) is 2.02. The molecule has 0 spiro atoms. The van der Waals surface area contributed by atoms with Crippen LogP contribution in [0, 0.1) is 5.82 Å². The highest BCUT2D eigenvalue weighted by atomic mass is 19.4. The van der Waals surface area contributed by atoms with Crippen molar-refractivity contribution < 1.29 is 31.5 Å². The number of amides is 1. The van der Waals surface area contributed by atoms with Crippen molar-refractivity contribution in [2.45, 2.75) is 6.36 Å². The van der Waals surface area contributed by atoms with Gasteiger partial charge in [-0.3, -0.25) is 10.1 Å². The fraction of sp³-hybridized carbons (Fsp3) is 0.0625. The second-order valence-electron chi connectivity index (χ2n) is 4.95. The third-order valence-corrected chi connectivity index (χ3v) is 3.05. The van der Waals surface area contributed by atoms with Crippen molar-refractivity contribution in [3.05, 3.63) is 59.9 Å². The van der Waals surface area contributed by atoms with E-state index in [1.54, 1.807) is 0 Å². The number of ether oxygens (including phenoxy) is 1. The lowest BCUT2D eigenvalue weighted by atomic mass is 10.2. The summed E-state index contributed by atoms with van der Waals surface area (Å²) in [5.41, 5.74) is 0.191. The molecule has 0 fully saturated rings. The number of hydrogen-bond donors (Lipinski definition) is 1. The second kappa shape index (κ2) is 6.82. The number of alkyl halides is 3. The van der Waals surface area contributed by atoms with E-state index < -0.39 is 23.8 Å². The molecule has 134 valence electrons. The van der Waals surface area contributed by atoms with Crippen molar-refractivity contribution in [2.24, 2.45) is 0 Å². The molecule has 6 nitrogen and oxygen atoms in total. The summed E-state index contributed by atoms with van der Waals surface area (Å²) in [5, 5.41) is 9.50. The van der Waals surface area contributed by atoms with Crippen LogP contribution >= 0.6 is 0 Å². The first kappa shape index (κ1) is 17.4. The predicted molar refractivity (Wildman–Crippen MR) is 80.8 cm³/mol. The summed E-state index contributed by atoms with van der Waals surface area (Å²) in [6.07, 6.45) is -4.87. The Morgan fingerprint density at radius 3 is 2.58 bits per heavy atom. The largest absolute Gasteiger partial charge is 0.573 e. The number of anilines is 1. The van der Waals surface area contributed by atoms with Crippen molar-refractivity contribution in [2.75, 3.05) is 5.32 Å². The standard InChI is InChI=1S/C16H9F4N3O3/c17-11-5-1-4-10(7-11)14-22-23-15(25-14)21-13(24)9-3-2-6-12(8-9)26-16(18,19)20/h1-8H,(H,21,23,24). The van der Waals surface area contributed by atoms with Gasteiger partial charge in [-0.15, -0.1) is 18.3 Å². The second-order valence-corrected chi connectivity index (χ2v) is 4.95. The maximum atomic E-state index is 13.2. The van der Waals surface area contributed by atoms with Gasteiger partial charge in [-0.1, -0.05) is 17.2 Å². The Labute approximate surface area is 143 Å². The van der Waals surface area contributed by atoms with Crippen molar-refractivity contribution in [1.82, 2.24) is 10.2 Å². The number of carbonyl (C=O) groups is 1. The van der Waals surface area contributed by atoms with Gasteiger partial charge in [0.15, 0.2) is 0 Å². The topological polar surface area (TPSA) is 77.3 Å². The van der Waals surface area contributed by atoms with E-state index in [2.05, 4.69) is 20.3 Å². The molecule has 3 aromatic rings. The highest BCUT2D eigenvalue weighted by Crippen LogP contribution is 2.24. The minimum atomic E-state index is -4.87. The zero-order valence-electron chi connectivity index (χ0n) is 12.7. The number of rotatable bonds is 4. The summed E-state index contributed by atoms with van der Waals surface area (Å²) < 4.78 is 58.8. The number of halogens is 4. The minimum Gasteiger partial charge on any atom is -0.406 e. The van der Waals surface area contributed by atoms with E-state index in [4.69, 9.17) is 4.42 Å².